The molecule has 0 bridgehead atoms. The lowest BCUT2D eigenvalue weighted by Crippen LogP contribution is -1.80. The minimum Gasteiger partial charge on any atom is -0.244 e. The van der Waals surface area contributed by atoms with Crippen molar-refractivity contribution in [1.29, 1.82) is 0 Å². The summed E-state index contributed by atoms with van der Waals surface area (Å²) in [6.07, 6.45) is 3.25. The van der Waals surface area contributed by atoms with E-state index in [9.17, 15) is 0 Å². The molecule has 0 aliphatic rings. The lowest BCUT2D eigenvalue weighted by Gasteiger charge is -1.98. The van der Waals surface area contributed by atoms with E-state index in [-0.39, 0.29) is 0 Å². The number of hydrogen-bond acceptors (Lipinski definition) is 2. The quantitative estimate of drug-likeness (QED) is 0.711. The van der Waals surface area contributed by atoms with Gasteiger partial charge in [-0.1, -0.05) is 11.6 Å². The molecule has 1 heterocycles. The van der Waals surface area contributed by atoms with Gasteiger partial charge in [0.25, 0.3) is 0 Å². The molecule has 0 atom stereocenters. The first-order chi connectivity index (χ1) is 5.77. The van der Waals surface area contributed by atoms with Crippen LogP contribution in [-0.4, -0.2) is 9.97 Å². The molecule has 0 N–H and O–H groups in total. The number of hydrogen-bond donors (Lipinski definition) is 0. The third-order valence-electron chi connectivity index (χ3n) is 1.55. The van der Waals surface area contributed by atoms with Gasteiger partial charge in [-0.15, -0.1) is 0 Å². The molecule has 0 unspecified atom stereocenters. The Morgan fingerprint density at radius 1 is 1.33 bits per heavy atom. The predicted molar refractivity (Wildman–Crippen MR) is 52.2 cm³/mol. The van der Waals surface area contributed by atoms with Gasteiger partial charge in [-0.3, -0.25) is 0 Å². The van der Waals surface area contributed by atoms with Gasteiger partial charge in [0, 0.05) is 16.1 Å². The summed E-state index contributed by atoms with van der Waals surface area (Å²) in [5.74, 6) is 0. The smallest absolute Gasteiger partial charge is 0.116 e. The summed E-state index contributed by atoms with van der Waals surface area (Å²) in [5, 5.41) is 1.63. The van der Waals surface area contributed by atoms with Gasteiger partial charge in [-0.2, -0.15) is 0 Å². The lowest BCUT2D eigenvalue weighted by atomic mass is 10.2. The molecule has 12 heavy (non-hydrogen) atoms. The van der Waals surface area contributed by atoms with Crippen LogP contribution in [0.4, 0.5) is 0 Å². The second-order valence-corrected chi connectivity index (χ2v) is 3.61. The van der Waals surface area contributed by atoms with Crippen LogP contribution in [0.1, 0.15) is 0 Å². The van der Waals surface area contributed by atoms with E-state index in [1.807, 2.05) is 12.1 Å². The van der Waals surface area contributed by atoms with Crippen molar-refractivity contribution in [1.82, 2.24) is 9.97 Å². The fourth-order valence-corrected chi connectivity index (χ4v) is 1.48. The Morgan fingerprint density at radius 2 is 2.17 bits per heavy atom. The van der Waals surface area contributed by atoms with Crippen LogP contribution in [0.5, 0.6) is 0 Å². The number of benzene rings is 1. The van der Waals surface area contributed by atoms with Crippen LogP contribution in [0.25, 0.3) is 10.9 Å². The number of nitrogens with zero attached hydrogens (tertiary/aromatic N) is 2. The number of fused-ring (bicyclic) bond motifs is 1. The van der Waals surface area contributed by atoms with Crippen LogP contribution in [0, 0.1) is 0 Å². The molecule has 2 rings (SSSR count). The predicted octanol–water partition coefficient (Wildman–Crippen LogP) is 3.05. The molecule has 1 aromatic heterocycles. The highest BCUT2D eigenvalue weighted by molar-refractivity contribution is 9.10. The van der Waals surface area contributed by atoms with Gasteiger partial charge in [0.2, 0.25) is 0 Å². The maximum atomic E-state index is 5.89. The van der Waals surface area contributed by atoms with Crippen molar-refractivity contribution in [3.05, 3.63) is 34.2 Å². The Labute approximate surface area is 82.7 Å². The van der Waals surface area contributed by atoms with Crippen molar-refractivity contribution in [3.63, 3.8) is 0 Å². The first kappa shape index (κ1) is 7.95. The fraction of sp³-hybridized carbons (Fsp3) is 0. The van der Waals surface area contributed by atoms with Crippen LogP contribution in [0.3, 0.4) is 0 Å². The minimum atomic E-state index is 0.678. The first-order valence-corrected chi connectivity index (χ1v) is 4.49. The highest BCUT2D eigenvalue weighted by atomic mass is 79.9. The molecule has 0 aliphatic carbocycles. The summed E-state index contributed by atoms with van der Waals surface area (Å²) in [6, 6.07) is 3.71. The molecule has 60 valence electrons. The van der Waals surface area contributed by atoms with E-state index in [0.717, 1.165) is 15.4 Å². The van der Waals surface area contributed by atoms with Crippen LogP contribution >= 0.6 is 27.5 Å². The van der Waals surface area contributed by atoms with Gasteiger partial charge in [0.05, 0.1) is 10.5 Å². The SMILES string of the molecule is Clc1cc2cncnc2cc1Br. The number of aromatic nitrogens is 2. The Bertz CT molecular complexity index is 390. The van der Waals surface area contributed by atoms with Gasteiger partial charge in [0.1, 0.15) is 6.33 Å². The zero-order valence-electron chi connectivity index (χ0n) is 5.96. The van der Waals surface area contributed by atoms with Gasteiger partial charge < -0.3 is 0 Å². The molecule has 2 aromatic rings. The number of halogens is 2. The maximum absolute atomic E-state index is 5.89. The Balaban J connectivity index is 2.84. The van der Waals surface area contributed by atoms with Crippen molar-refractivity contribution < 1.29 is 0 Å². The highest BCUT2D eigenvalue weighted by Gasteiger charge is 1.99. The summed E-state index contributed by atoms with van der Waals surface area (Å²) in [5.41, 5.74) is 0.890. The summed E-state index contributed by atoms with van der Waals surface area (Å²) in [6.45, 7) is 0. The summed E-state index contributed by atoms with van der Waals surface area (Å²) < 4.78 is 0.857. The lowest BCUT2D eigenvalue weighted by molar-refractivity contribution is 1.22. The molecule has 0 aliphatic heterocycles. The first-order valence-electron chi connectivity index (χ1n) is 3.32. The van der Waals surface area contributed by atoms with Gasteiger partial charge in [0.15, 0.2) is 0 Å². The van der Waals surface area contributed by atoms with E-state index in [1.165, 1.54) is 6.33 Å². The summed E-state index contributed by atoms with van der Waals surface area (Å²) >= 11 is 9.21. The fourth-order valence-electron chi connectivity index (χ4n) is 0.976. The zero-order chi connectivity index (χ0) is 8.55. The molecular weight excluding hydrogens is 239 g/mol. The van der Waals surface area contributed by atoms with Crippen LogP contribution in [0.2, 0.25) is 5.02 Å². The van der Waals surface area contributed by atoms with Crippen LogP contribution in [0.15, 0.2) is 29.1 Å². The number of rotatable bonds is 0. The Morgan fingerprint density at radius 3 is 3.00 bits per heavy atom. The second-order valence-electron chi connectivity index (χ2n) is 2.35. The molecule has 2 nitrogen and oxygen atoms in total. The van der Waals surface area contributed by atoms with Crippen molar-refractivity contribution in [2.75, 3.05) is 0 Å². The van der Waals surface area contributed by atoms with E-state index in [1.54, 1.807) is 6.20 Å². The van der Waals surface area contributed by atoms with Crippen LogP contribution in [-0.2, 0) is 0 Å². The van der Waals surface area contributed by atoms with E-state index < -0.39 is 0 Å². The molecule has 0 spiro atoms. The van der Waals surface area contributed by atoms with E-state index >= 15 is 0 Å². The van der Waals surface area contributed by atoms with E-state index in [0.29, 0.717) is 5.02 Å². The zero-order valence-corrected chi connectivity index (χ0v) is 8.30. The topological polar surface area (TPSA) is 25.8 Å². The molecular formula is C8H4BrClN2. The van der Waals surface area contributed by atoms with Crippen molar-refractivity contribution in [3.8, 4) is 0 Å². The van der Waals surface area contributed by atoms with Crippen LogP contribution < -0.4 is 0 Å². The standard InChI is InChI=1S/C8H4BrClN2/c9-6-2-8-5(1-7(6)10)3-11-4-12-8/h1-4H. The van der Waals surface area contributed by atoms with E-state index in [4.69, 9.17) is 11.6 Å². The second kappa shape index (κ2) is 2.99. The molecule has 0 saturated carbocycles. The molecule has 4 heteroatoms. The highest BCUT2D eigenvalue weighted by Crippen LogP contribution is 2.26. The van der Waals surface area contributed by atoms with Crippen molar-refractivity contribution in [2.24, 2.45) is 0 Å². The summed E-state index contributed by atoms with van der Waals surface area (Å²) in [4.78, 5) is 7.98. The van der Waals surface area contributed by atoms with Gasteiger partial charge in [-0.25, -0.2) is 9.97 Å². The molecule has 0 fully saturated rings. The summed E-state index contributed by atoms with van der Waals surface area (Å²) in [7, 11) is 0. The van der Waals surface area contributed by atoms with Crippen molar-refractivity contribution >= 4 is 38.4 Å². The molecule has 0 amide bonds. The third-order valence-corrected chi connectivity index (χ3v) is 2.74. The average molecular weight is 243 g/mol. The van der Waals surface area contributed by atoms with E-state index in [2.05, 4.69) is 25.9 Å². The van der Waals surface area contributed by atoms with Gasteiger partial charge in [-0.05, 0) is 28.1 Å². The maximum Gasteiger partial charge on any atom is 0.116 e. The Kier molecular flexibility index (Phi) is 1.98. The Hall–Kier alpha value is -0.670. The monoisotopic (exact) mass is 242 g/mol. The molecule has 0 radical (unpaired) electrons. The van der Waals surface area contributed by atoms with Crippen molar-refractivity contribution in [2.45, 2.75) is 0 Å². The third kappa shape index (κ3) is 1.30. The van der Waals surface area contributed by atoms with Gasteiger partial charge >= 0.3 is 0 Å². The largest absolute Gasteiger partial charge is 0.244 e. The normalized spacial score (nSPS) is 10.5. The molecule has 0 saturated heterocycles. The minimum absolute atomic E-state index is 0.678. The molecule has 1 aromatic carbocycles. The average Bonchev–Trinajstić information content (AvgIpc) is 2.07.